The van der Waals surface area contributed by atoms with Crippen molar-refractivity contribution in [3.63, 3.8) is 0 Å². The number of ether oxygens (including phenoxy) is 1. The number of nitrogens with one attached hydrogen (secondary N) is 1. The van der Waals surface area contributed by atoms with Gasteiger partial charge in [0.05, 0.1) is 18.0 Å². The Kier molecular flexibility index (Phi) is 4.70. The molecule has 2 aliphatic rings. The summed E-state index contributed by atoms with van der Waals surface area (Å²) in [5.74, 6) is 0.452. The Balaban J connectivity index is 1.75. The van der Waals surface area contributed by atoms with Gasteiger partial charge >= 0.3 is 5.56 Å². The molecule has 0 radical (unpaired) electrons. The van der Waals surface area contributed by atoms with Crippen LogP contribution in [0, 0.1) is 0 Å². The second-order valence-corrected chi connectivity index (χ2v) is 6.67. The lowest BCUT2D eigenvalue weighted by Crippen LogP contribution is -2.44. The minimum atomic E-state index is -0.172. The van der Waals surface area contributed by atoms with Crippen molar-refractivity contribution in [2.45, 2.75) is 31.8 Å². The van der Waals surface area contributed by atoms with Crippen molar-refractivity contribution in [1.82, 2.24) is 15.1 Å². The zero-order valence-corrected chi connectivity index (χ0v) is 14.4. The van der Waals surface area contributed by atoms with Gasteiger partial charge in [0, 0.05) is 26.2 Å². The maximum Gasteiger partial charge on any atom is 0.316 e. The van der Waals surface area contributed by atoms with E-state index >= 15 is 0 Å². The Bertz CT molecular complexity index is 763. The van der Waals surface area contributed by atoms with E-state index in [1.165, 1.54) is 17.5 Å². The molecule has 6 heteroatoms. The molecule has 1 aliphatic heterocycles. The van der Waals surface area contributed by atoms with E-state index in [1.807, 2.05) is 30.3 Å². The fourth-order valence-corrected chi connectivity index (χ4v) is 3.60. The van der Waals surface area contributed by atoms with Gasteiger partial charge in [-0.05, 0) is 37.8 Å². The number of anilines is 1. The van der Waals surface area contributed by atoms with Gasteiger partial charge in [-0.3, -0.25) is 4.79 Å². The molecule has 1 aliphatic carbocycles. The van der Waals surface area contributed by atoms with Crippen LogP contribution >= 0.6 is 0 Å². The van der Waals surface area contributed by atoms with Gasteiger partial charge in [0.1, 0.15) is 5.69 Å². The molecule has 2 aromatic rings. The van der Waals surface area contributed by atoms with Gasteiger partial charge in [-0.2, -0.15) is 9.78 Å². The molecule has 4 rings (SSSR count). The van der Waals surface area contributed by atoms with Crippen molar-refractivity contribution >= 4 is 5.69 Å². The van der Waals surface area contributed by atoms with Crippen LogP contribution in [0.4, 0.5) is 5.69 Å². The number of nitrogens with zero attached hydrogens (tertiary/aromatic N) is 3. The van der Waals surface area contributed by atoms with Crippen LogP contribution in [-0.2, 0) is 0 Å². The zero-order valence-electron chi connectivity index (χ0n) is 14.4. The standard InChI is InChI=1S/C19H24N4O2/c24-19-18(25-16-8-4-5-9-16)17(22-12-10-20-11-13-22)14-21-23(19)15-6-2-1-3-7-15/h1-3,6-7,14,16,20H,4-5,8-13H2. The van der Waals surface area contributed by atoms with Gasteiger partial charge in [-0.25, -0.2) is 0 Å². The number of piperazine rings is 1. The number of benzene rings is 1. The summed E-state index contributed by atoms with van der Waals surface area (Å²) in [6.45, 7) is 3.53. The van der Waals surface area contributed by atoms with E-state index in [1.54, 1.807) is 6.20 Å². The molecule has 2 heterocycles. The van der Waals surface area contributed by atoms with Crippen LogP contribution in [-0.4, -0.2) is 42.1 Å². The first-order valence-corrected chi connectivity index (χ1v) is 9.13. The molecular formula is C19H24N4O2. The van der Waals surface area contributed by atoms with Crippen LogP contribution in [0.15, 0.2) is 41.3 Å². The summed E-state index contributed by atoms with van der Waals surface area (Å²) in [5, 5.41) is 7.76. The molecule has 132 valence electrons. The Morgan fingerprint density at radius 1 is 1.08 bits per heavy atom. The number of rotatable bonds is 4. The Hall–Kier alpha value is -2.34. The van der Waals surface area contributed by atoms with E-state index in [0.717, 1.165) is 50.4 Å². The highest BCUT2D eigenvalue weighted by atomic mass is 16.5. The molecule has 0 bridgehead atoms. The topological polar surface area (TPSA) is 59.4 Å². The van der Waals surface area contributed by atoms with Crippen molar-refractivity contribution in [3.05, 3.63) is 46.9 Å². The largest absolute Gasteiger partial charge is 0.483 e. The third kappa shape index (κ3) is 3.39. The molecule has 2 fully saturated rings. The Morgan fingerprint density at radius 3 is 2.52 bits per heavy atom. The summed E-state index contributed by atoms with van der Waals surface area (Å²) in [7, 11) is 0. The first-order chi connectivity index (χ1) is 12.3. The molecule has 0 atom stereocenters. The SMILES string of the molecule is O=c1c(OC2CCCC2)c(N2CCNCC2)cnn1-c1ccccc1. The van der Waals surface area contributed by atoms with Gasteiger partial charge < -0.3 is 15.0 Å². The normalized spacial score (nSPS) is 18.5. The second-order valence-electron chi connectivity index (χ2n) is 6.67. The van der Waals surface area contributed by atoms with Crippen molar-refractivity contribution in [1.29, 1.82) is 0 Å². The third-order valence-electron chi connectivity index (χ3n) is 4.96. The van der Waals surface area contributed by atoms with Crippen molar-refractivity contribution < 1.29 is 4.74 Å². The predicted octanol–water partition coefficient (Wildman–Crippen LogP) is 1.96. The van der Waals surface area contributed by atoms with Gasteiger partial charge in [0.25, 0.3) is 0 Å². The summed E-state index contributed by atoms with van der Waals surface area (Å²) in [6, 6.07) is 9.52. The quantitative estimate of drug-likeness (QED) is 0.922. The average molecular weight is 340 g/mol. The third-order valence-corrected chi connectivity index (χ3v) is 4.96. The first-order valence-electron chi connectivity index (χ1n) is 9.13. The summed E-state index contributed by atoms with van der Waals surface area (Å²) in [6.07, 6.45) is 6.31. The van der Waals surface area contributed by atoms with E-state index in [-0.39, 0.29) is 11.7 Å². The summed E-state index contributed by atoms with van der Waals surface area (Å²) in [5.41, 5.74) is 1.41. The highest BCUT2D eigenvalue weighted by Gasteiger charge is 2.25. The minimum absolute atomic E-state index is 0.140. The highest BCUT2D eigenvalue weighted by molar-refractivity contribution is 5.57. The van der Waals surface area contributed by atoms with Gasteiger partial charge in [0.15, 0.2) is 0 Å². The second kappa shape index (κ2) is 7.27. The number of para-hydroxylation sites is 1. The lowest BCUT2D eigenvalue weighted by atomic mass is 10.2. The van der Waals surface area contributed by atoms with Crippen LogP contribution in [0.1, 0.15) is 25.7 Å². The predicted molar refractivity (Wildman–Crippen MR) is 97.8 cm³/mol. The van der Waals surface area contributed by atoms with Crippen molar-refractivity contribution in [3.8, 4) is 11.4 Å². The molecular weight excluding hydrogens is 316 g/mol. The van der Waals surface area contributed by atoms with Crippen molar-refractivity contribution in [2.24, 2.45) is 0 Å². The molecule has 0 unspecified atom stereocenters. The van der Waals surface area contributed by atoms with Gasteiger partial charge in [-0.15, -0.1) is 0 Å². The van der Waals surface area contributed by atoms with Crippen molar-refractivity contribution in [2.75, 3.05) is 31.1 Å². The molecule has 1 aromatic heterocycles. The molecule has 25 heavy (non-hydrogen) atoms. The first kappa shape index (κ1) is 16.1. The van der Waals surface area contributed by atoms with E-state index in [2.05, 4.69) is 15.3 Å². The van der Waals surface area contributed by atoms with Gasteiger partial charge in [0.2, 0.25) is 5.75 Å². The van der Waals surface area contributed by atoms with Crippen LogP contribution in [0.25, 0.3) is 5.69 Å². The summed E-state index contributed by atoms with van der Waals surface area (Å²) < 4.78 is 7.66. The Labute approximate surface area is 147 Å². The molecule has 1 aromatic carbocycles. The molecule has 0 spiro atoms. The van der Waals surface area contributed by atoms with Crippen LogP contribution < -0.4 is 20.5 Å². The number of hydrogen-bond donors (Lipinski definition) is 1. The molecule has 6 nitrogen and oxygen atoms in total. The number of aromatic nitrogens is 2. The number of hydrogen-bond acceptors (Lipinski definition) is 5. The van der Waals surface area contributed by atoms with E-state index in [0.29, 0.717) is 5.75 Å². The van der Waals surface area contributed by atoms with E-state index < -0.39 is 0 Å². The Morgan fingerprint density at radius 2 is 1.80 bits per heavy atom. The van der Waals surface area contributed by atoms with E-state index in [9.17, 15) is 4.79 Å². The molecule has 1 N–H and O–H groups in total. The zero-order chi connectivity index (χ0) is 17.1. The van der Waals surface area contributed by atoms with E-state index in [4.69, 9.17) is 4.74 Å². The lowest BCUT2D eigenvalue weighted by Gasteiger charge is -2.31. The molecule has 0 amide bonds. The maximum absolute atomic E-state index is 13.2. The monoisotopic (exact) mass is 340 g/mol. The lowest BCUT2D eigenvalue weighted by molar-refractivity contribution is 0.206. The fraction of sp³-hybridized carbons (Fsp3) is 0.474. The van der Waals surface area contributed by atoms with Crippen LogP contribution in [0.5, 0.6) is 5.75 Å². The van der Waals surface area contributed by atoms with Crippen LogP contribution in [0.2, 0.25) is 0 Å². The molecule has 1 saturated heterocycles. The minimum Gasteiger partial charge on any atom is -0.483 e. The highest BCUT2D eigenvalue weighted by Crippen LogP contribution is 2.29. The van der Waals surface area contributed by atoms with Gasteiger partial charge in [-0.1, -0.05) is 18.2 Å². The maximum atomic E-state index is 13.2. The molecule has 1 saturated carbocycles. The average Bonchev–Trinajstić information content (AvgIpc) is 3.18. The summed E-state index contributed by atoms with van der Waals surface area (Å²) in [4.78, 5) is 15.4. The smallest absolute Gasteiger partial charge is 0.316 e. The fourth-order valence-electron chi connectivity index (χ4n) is 3.60. The van der Waals surface area contributed by atoms with Crippen LogP contribution in [0.3, 0.4) is 0 Å². The summed E-state index contributed by atoms with van der Waals surface area (Å²) >= 11 is 0.